The Labute approximate surface area is 93.1 Å². The molecule has 5 nitrogen and oxygen atoms in total. The molecule has 84 valence electrons. The van der Waals surface area contributed by atoms with E-state index in [1.165, 1.54) is 0 Å². The van der Waals surface area contributed by atoms with E-state index in [0.717, 1.165) is 18.7 Å². The van der Waals surface area contributed by atoms with E-state index >= 15 is 0 Å². The van der Waals surface area contributed by atoms with E-state index in [1.54, 1.807) is 11.9 Å². The molecule has 0 radical (unpaired) electrons. The third kappa shape index (κ3) is 1.96. The average Bonchev–Trinajstić information content (AvgIpc) is 2.70. The van der Waals surface area contributed by atoms with Gasteiger partial charge in [-0.25, -0.2) is 9.10 Å². The van der Waals surface area contributed by atoms with Gasteiger partial charge in [-0.15, -0.1) is 0 Å². The minimum absolute atomic E-state index is 0.174. The summed E-state index contributed by atoms with van der Waals surface area (Å²) in [6, 6.07) is -0.359. The summed E-state index contributed by atoms with van der Waals surface area (Å²) in [7, 11) is 0. The largest absolute Gasteiger partial charge is 0.322 e. The van der Waals surface area contributed by atoms with Crippen molar-refractivity contribution in [1.82, 2.24) is 14.9 Å². The molecule has 2 saturated heterocycles. The molecule has 1 spiro atoms. The molecule has 6 heteroatoms. The molecular weight excluding hydrogens is 214 g/mol. The van der Waals surface area contributed by atoms with Gasteiger partial charge in [0.05, 0.1) is 0 Å². The topological polar surface area (TPSA) is 61.4 Å². The summed E-state index contributed by atoms with van der Waals surface area (Å²) in [6.45, 7) is 3.61. The molecule has 3 amide bonds. The number of hydrogen-bond acceptors (Lipinski definition) is 4. The Morgan fingerprint density at radius 2 is 2.33 bits per heavy atom. The second-order valence-electron chi connectivity index (χ2n) is 3.94. The summed E-state index contributed by atoms with van der Waals surface area (Å²) in [6.07, 6.45) is 1.83. The molecule has 2 aliphatic rings. The Kier molecular flexibility index (Phi) is 2.88. The number of carbonyl (C=O) groups is 2. The highest BCUT2D eigenvalue weighted by Crippen LogP contribution is 2.29. The lowest BCUT2D eigenvalue weighted by atomic mass is 10.00. The van der Waals surface area contributed by atoms with Crippen molar-refractivity contribution in [3.8, 4) is 0 Å². The number of nitrogens with zero attached hydrogens (tertiary/aromatic N) is 1. The molecular formula is C9H15N3O2S. The van der Waals surface area contributed by atoms with Gasteiger partial charge in [0.25, 0.3) is 5.91 Å². The minimum atomic E-state index is -0.655. The van der Waals surface area contributed by atoms with Gasteiger partial charge < -0.3 is 5.32 Å². The van der Waals surface area contributed by atoms with Gasteiger partial charge in [-0.1, -0.05) is 18.9 Å². The summed E-state index contributed by atoms with van der Waals surface area (Å²) in [4.78, 5) is 22.7. The van der Waals surface area contributed by atoms with Crippen molar-refractivity contribution in [2.75, 3.05) is 18.8 Å². The Hall–Kier alpha value is -0.750. The third-order valence-electron chi connectivity index (χ3n) is 2.73. The summed E-state index contributed by atoms with van der Waals surface area (Å²) >= 11 is 1.75. The first-order chi connectivity index (χ1) is 7.16. The molecule has 15 heavy (non-hydrogen) atoms. The van der Waals surface area contributed by atoms with Crippen molar-refractivity contribution in [3.05, 3.63) is 0 Å². The summed E-state index contributed by atoms with van der Waals surface area (Å²) in [5, 5.41) is 5.03. The zero-order chi connectivity index (χ0) is 10.9. The van der Waals surface area contributed by atoms with Crippen LogP contribution in [-0.4, -0.2) is 40.6 Å². The lowest BCUT2D eigenvalue weighted by molar-refractivity contribution is -0.123. The summed E-state index contributed by atoms with van der Waals surface area (Å²) < 4.78 is 2.16. The van der Waals surface area contributed by atoms with E-state index in [-0.39, 0.29) is 11.9 Å². The molecule has 0 aromatic rings. The van der Waals surface area contributed by atoms with Crippen LogP contribution in [0.25, 0.3) is 0 Å². The predicted octanol–water partition coefficient (Wildman–Crippen LogP) is 0.328. The molecule has 0 aromatic carbocycles. The van der Waals surface area contributed by atoms with Crippen LogP contribution in [0.15, 0.2) is 0 Å². The molecule has 0 bridgehead atoms. The van der Waals surface area contributed by atoms with E-state index in [4.69, 9.17) is 0 Å². The van der Waals surface area contributed by atoms with E-state index < -0.39 is 5.54 Å². The monoisotopic (exact) mass is 229 g/mol. The maximum Gasteiger partial charge on any atom is 0.322 e. The van der Waals surface area contributed by atoms with Gasteiger partial charge in [0.15, 0.2) is 0 Å². The number of rotatable bonds is 3. The second kappa shape index (κ2) is 4.02. The minimum Gasteiger partial charge on any atom is -0.322 e. The van der Waals surface area contributed by atoms with E-state index in [0.29, 0.717) is 13.0 Å². The lowest BCUT2D eigenvalue weighted by Crippen LogP contribution is -2.48. The van der Waals surface area contributed by atoms with Crippen LogP contribution in [0.4, 0.5) is 4.79 Å². The Morgan fingerprint density at radius 1 is 1.53 bits per heavy atom. The number of carbonyl (C=O) groups excluding carboxylic acids is 2. The highest BCUT2D eigenvalue weighted by molar-refractivity contribution is 7.97. The van der Waals surface area contributed by atoms with Crippen molar-refractivity contribution in [1.29, 1.82) is 0 Å². The third-order valence-corrected chi connectivity index (χ3v) is 3.99. The summed E-state index contributed by atoms with van der Waals surface area (Å²) in [5.41, 5.74) is -0.655. The molecule has 2 fully saturated rings. The van der Waals surface area contributed by atoms with Crippen LogP contribution >= 0.6 is 11.9 Å². The molecule has 0 aliphatic carbocycles. The van der Waals surface area contributed by atoms with Crippen LogP contribution in [-0.2, 0) is 4.79 Å². The molecule has 2 rings (SSSR count). The zero-order valence-corrected chi connectivity index (χ0v) is 9.52. The predicted molar refractivity (Wildman–Crippen MR) is 58.3 cm³/mol. The van der Waals surface area contributed by atoms with Gasteiger partial charge in [-0.3, -0.25) is 10.1 Å². The van der Waals surface area contributed by atoms with Gasteiger partial charge in [-0.2, -0.15) is 0 Å². The first-order valence-corrected chi connectivity index (χ1v) is 6.12. The fourth-order valence-electron chi connectivity index (χ4n) is 1.92. The zero-order valence-electron chi connectivity index (χ0n) is 8.71. The first-order valence-electron chi connectivity index (χ1n) is 5.18. The maximum absolute atomic E-state index is 11.6. The van der Waals surface area contributed by atoms with Crippen LogP contribution in [0.2, 0.25) is 0 Å². The Bertz CT molecular complexity index is 297. The second-order valence-corrected chi connectivity index (χ2v) is 5.12. The van der Waals surface area contributed by atoms with Gasteiger partial charge >= 0.3 is 6.03 Å². The van der Waals surface area contributed by atoms with Crippen molar-refractivity contribution < 1.29 is 9.59 Å². The van der Waals surface area contributed by atoms with Crippen molar-refractivity contribution in [3.63, 3.8) is 0 Å². The van der Waals surface area contributed by atoms with Crippen molar-refractivity contribution in [2.24, 2.45) is 0 Å². The number of nitrogens with one attached hydrogen (secondary N) is 2. The van der Waals surface area contributed by atoms with Crippen molar-refractivity contribution in [2.45, 2.75) is 25.3 Å². The molecule has 2 N–H and O–H groups in total. The number of hydrogen-bond donors (Lipinski definition) is 2. The fraction of sp³-hybridized carbons (Fsp3) is 0.778. The fourth-order valence-corrected chi connectivity index (χ4v) is 2.89. The van der Waals surface area contributed by atoms with E-state index in [2.05, 4.69) is 21.9 Å². The van der Waals surface area contributed by atoms with Crippen LogP contribution in [0.3, 0.4) is 0 Å². The number of imide groups is 1. The van der Waals surface area contributed by atoms with Crippen molar-refractivity contribution >= 4 is 23.9 Å². The van der Waals surface area contributed by atoms with Crippen LogP contribution in [0, 0.1) is 0 Å². The summed E-state index contributed by atoms with van der Waals surface area (Å²) in [5.74, 6) is 0.887. The average molecular weight is 229 g/mol. The standard InChI is InChI=1S/C9H15N3O2S/c1-2-5-15-12-4-3-9(6-12)7(13)10-8(14)11-9/h2-6H2,1H3,(H2,10,11,13,14). The Balaban J connectivity index is 1.96. The van der Waals surface area contributed by atoms with Gasteiger partial charge in [-0.05, 0) is 12.8 Å². The molecule has 0 aromatic heterocycles. The highest BCUT2D eigenvalue weighted by atomic mass is 32.2. The number of urea groups is 1. The molecule has 2 aliphatic heterocycles. The highest BCUT2D eigenvalue weighted by Gasteiger charge is 2.50. The first kappa shape index (κ1) is 10.8. The molecule has 2 heterocycles. The van der Waals surface area contributed by atoms with E-state index in [1.807, 2.05) is 0 Å². The molecule has 1 unspecified atom stereocenters. The van der Waals surface area contributed by atoms with Gasteiger partial charge in [0, 0.05) is 18.8 Å². The lowest BCUT2D eigenvalue weighted by Gasteiger charge is -2.20. The Morgan fingerprint density at radius 3 is 2.93 bits per heavy atom. The normalized spacial score (nSPS) is 31.0. The molecule has 1 atom stereocenters. The molecule has 0 saturated carbocycles. The van der Waals surface area contributed by atoms with Crippen LogP contribution < -0.4 is 10.6 Å². The maximum atomic E-state index is 11.6. The SMILES string of the molecule is CCCSN1CCC2(C1)NC(=O)NC2=O. The van der Waals surface area contributed by atoms with Gasteiger partial charge in [0.2, 0.25) is 0 Å². The van der Waals surface area contributed by atoms with Crippen LogP contribution in [0.1, 0.15) is 19.8 Å². The quantitative estimate of drug-likeness (QED) is 0.541. The van der Waals surface area contributed by atoms with Gasteiger partial charge in [0.1, 0.15) is 5.54 Å². The van der Waals surface area contributed by atoms with E-state index in [9.17, 15) is 9.59 Å². The van der Waals surface area contributed by atoms with Crippen LogP contribution in [0.5, 0.6) is 0 Å². The number of amides is 3. The smallest absolute Gasteiger partial charge is 0.322 e.